The van der Waals surface area contributed by atoms with E-state index < -0.39 is 36.1 Å². The van der Waals surface area contributed by atoms with E-state index in [1.54, 1.807) is 24.3 Å². The molecule has 37 heavy (non-hydrogen) atoms. The van der Waals surface area contributed by atoms with Crippen molar-refractivity contribution < 1.29 is 37.0 Å². The molecule has 0 bridgehead atoms. The third kappa shape index (κ3) is 6.66. The van der Waals surface area contributed by atoms with E-state index in [1.165, 1.54) is 11.0 Å². The Balaban J connectivity index is 1.28. The second-order valence-corrected chi connectivity index (χ2v) is 8.55. The van der Waals surface area contributed by atoms with E-state index in [4.69, 9.17) is 9.47 Å². The number of ether oxygens (including phenoxy) is 2. The van der Waals surface area contributed by atoms with Gasteiger partial charge in [-0.2, -0.15) is 13.2 Å². The van der Waals surface area contributed by atoms with Crippen LogP contribution in [0.5, 0.6) is 11.5 Å². The Labute approximate surface area is 210 Å². The number of carbonyl (C=O) groups is 3. The molecule has 0 radical (unpaired) electrons. The van der Waals surface area contributed by atoms with Gasteiger partial charge in [-0.1, -0.05) is 23.8 Å². The molecule has 1 aliphatic heterocycles. The van der Waals surface area contributed by atoms with Gasteiger partial charge in [0.15, 0.2) is 6.61 Å². The first-order valence-corrected chi connectivity index (χ1v) is 11.4. The molecule has 10 heteroatoms. The van der Waals surface area contributed by atoms with Crippen molar-refractivity contribution in [2.75, 3.05) is 23.4 Å². The van der Waals surface area contributed by atoms with Crippen LogP contribution in [0.2, 0.25) is 0 Å². The highest BCUT2D eigenvalue weighted by Crippen LogP contribution is 2.31. The van der Waals surface area contributed by atoms with E-state index in [2.05, 4.69) is 5.32 Å². The molecule has 1 heterocycles. The van der Waals surface area contributed by atoms with Crippen LogP contribution in [0.15, 0.2) is 72.8 Å². The predicted octanol–water partition coefficient (Wildman–Crippen LogP) is 5.34. The van der Waals surface area contributed by atoms with E-state index in [0.29, 0.717) is 17.2 Å². The van der Waals surface area contributed by atoms with Crippen LogP contribution in [0.25, 0.3) is 0 Å². The third-order valence-corrected chi connectivity index (χ3v) is 5.68. The SMILES string of the molecule is Cc1ccc(Oc2ccc(N3C[C@H](C(=O)OCC(=O)Nc4cccc(C(F)(F)F)c4)CC3=O)cc2)cc1. The molecule has 192 valence electrons. The van der Waals surface area contributed by atoms with E-state index in [-0.39, 0.29) is 24.6 Å². The van der Waals surface area contributed by atoms with E-state index >= 15 is 0 Å². The van der Waals surface area contributed by atoms with Gasteiger partial charge in [-0.25, -0.2) is 0 Å². The van der Waals surface area contributed by atoms with Crippen molar-refractivity contribution in [3.05, 3.63) is 83.9 Å². The Morgan fingerprint density at radius 3 is 2.30 bits per heavy atom. The molecule has 0 unspecified atom stereocenters. The minimum absolute atomic E-state index is 0.0745. The lowest BCUT2D eigenvalue weighted by atomic mass is 10.1. The summed E-state index contributed by atoms with van der Waals surface area (Å²) >= 11 is 0. The fourth-order valence-electron chi connectivity index (χ4n) is 3.78. The molecule has 0 aromatic heterocycles. The third-order valence-electron chi connectivity index (χ3n) is 5.68. The number of benzene rings is 3. The molecule has 2 amide bonds. The molecule has 4 rings (SSSR count). The zero-order valence-electron chi connectivity index (χ0n) is 19.7. The van der Waals surface area contributed by atoms with E-state index in [0.717, 1.165) is 23.8 Å². The monoisotopic (exact) mass is 512 g/mol. The Morgan fingerprint density at radius 2 is 1.65 bits per heavy atom. The number of rotatable bonds is 7. The number of esters is 1. The number of nitrogens with one attached hydrogen (secondary N) is 1. The number of amides is 2. The maximum absolute atomic E-state index is 12.8. The molecule has 0 saturated carbocycles. The number of anilines is 2. The summed E-state index contributed by atoms with van der Waals surface area (Å²) in [6.07, 6.45) is -4.64. The minimum atomic E-state index is -4.55. The maximum atomic E-state index is 12.8. The summed E-state index contributed by atoms with van der Waals surface area (Å²) in [6.45, 7) is 1.36. The van der Waals surface area contributed by atoms with Crippen LogP contribution >= 0.6 is 0 Å². The Bertz CT molecular complexity index is 1290. The van der Waals surface area contributed by atoms with Crippen molar-refractivity contribution in [1.29, 1.82) is 0 Å². The van der Waals surface area contributed by atoms with Gasteiger partial charge in [0.05, 0.1) is 11.5 Å². The van der Waals surface area contributed by atoms with Gasteiger partial charge in [0.25, 0.3) is 5.91 Å². The van der Waals surface area contributed by atoms with Crippen LogP contribution in [-0.4, -0.2) is 30.9 Å². The van der Waals surface area contributed by atoms with Gasteiger partial charge in [0.1, 0.15) is 11.5 Å². The molecule has 1 atom stereocenters. The molecule has 0 aliphatic carbocycles. The van der Waals surface area contributed by atoms with Gasteiger partial charge in [0, 0.05) is 24.3 Å². The molecule has 1 N–H and O–H groups in total. The average molecular weight is 512 g/mol. The van der Waals surface area contributed by atoms with Gasteiger partial charge in [-0.3, -0.25) is 14.4 Å². The summed E-state index contributed by atoms with van der Waals surface area (Å²) in [7, 11) is 0. The summed E-state index contributed by atoms with van der Waals surface area (Å²) in [5.41, 5.74) is 0.702. The van der Waals surface area contributed by atoms with Gasteiger partial charge in [-0.15, -0.1) is 0 Å². The highest BCUT2D eigenvalue weighted by atomic mass is 19.4. The fourth-order valence-corrected chi connectivity index (χ4v) is 3.78. The summed E-state index contributed by atoms with van der Waals surface area (Å²) < 4.78 is 49.3. The van der Waals surface area contributed by atoms with Crippen molar-refractivity contribution in [2.24, 2.45) is 5.92 Å². The first-order chi connectivity index (χ1) is 17.6. The zero-order valence-corrected chi connectivity index (χ0v) is 19.7. The lowest BCUT2D eigenvalue weighted by Crippen LogP contribution is -2.28. The van der Waals surface area contributed by atoms with Crippen LogP contribution in [0.3, 0.4) is 0 Å². The summed E-state index contributed by atoms with van der Waals surface area (Å²) in [6, 6.07) is 18.5. The van der Waals surface area contributed by atoms with Gasteiger partial charge < -0.3 is 19.7 Å². The van der Waals surface area contributed by atoms with Crippen molar-refractivity contribution in [3.63, 3.8) is 0 Å². The van der Waals surface area contributed by atoms with E-state index in [9.17, 15) is 27.6 Å². The quantitative estimate of drug-likeness (QED) is 0.432. The minimum Gasteiger partial charge on any atom is -0.457 e. The van der Waals surface area contributed by atoms with Crippen molar-refractivity contribution in [1.82, 2.24) is 0 Å². The fraction of sp³-hybridized carbons (Fsp3) is 0.222. The van der Waals surface area contributed by atoms with Crippen molar-refractivity contribution in [2.45, 2.75) is 19.5 Å². The Hall–Kier alpha value is -4.34. The largest absolute Gasteiger partial charge is 0.457 e. The average Bonchev–Trinajstić information content (AvgIpc) is 3.26. The molecule has 3 aromatic carbocycles. The molecule has 1 aliphatic rings. The number of alkyl halides is 3. The number of aryl methyl sites for hydroxylation is 1. The normalized spacial score (nSPS) is 15.4. The van der Waals surface area contributed by atoms with Crippen LogP contribution in [0, 0.1) is 12.8 Å². The van der Waals surface area contributed by atoms with Crippen LogP contribution < -0.4 is 15.0 Å². The molecular formula is C27H23F3N2O5. The maximum Gasteiger partial charge on any atom is 0.416 e. The highest BCUT2D eigenvalue weighted by molar-refractivity contribution is 6.00. The molecule has 1 saturated heterocycles. The Kier molecular flexibility index (Phi) is 7.47. The van der Waals surface area contributed by atoms with Crippen molar-refractivity contribution in [3.8, 4) is 11.5 Å². The number of hydrogen-bond donors (Lipinski definition) is 1. The number of carbonyl (C=O) groups excluding carboxylic acids is 3. The van der Waals surface area contributed by atoms with Gasteiger partial charge in [-0.05, 0) is 61.5 Å². The number of halogens is 3. The number of hydrogen-bond acceptors (Lipinski definition) is 5. The van der Waals surface area contributed by atoms with Crippen LogP contribution in [0.1, 0.15) is 17.5 Å². The summed E-state index contributed by atoms with van der Waals surface area (Å²) in [5.74, 6) is -1.33. The number of nitrogens with zero attached hydrogens (tertiary/aromatic N) is 1. The van der Waals surface area contributed by atoms with Crippen molar-refractivity contribution >= 4 is 29.2 Å². The lowest BCUT2D eigenvalue weighted by molar-refractivity contribution is -0.151. The zero-order chi connectivity index (χ0) is 26.6. The van der Waals surface area contributed by atoms with Gasteiger partial charge in [0.2, 0.25) is 5.91 Å². The first kappa shape index (κ1) is 25.7. The molecule has 1 fully saturated rings. The molecule has 3 aromatic rings. The Morgan fingerprint density at radius 1 is 1.00 bits per heavy atom. The highest BCUT2D eigenvalue weighted by Gasteiger charge is 2.36. The summed E-state index contributed by atoms with van der Waals surface area (Å²) in [4.78, 5) is 38.5. The second kappa shape index (κ2) is 10.7. The smallest absolute Gasteiger partial charge is 0.416 e. The second-order valence-electron chi connectivity index (χ2n) is 8.55. The lowest BCUT2D eigenvalue weighted by Gasteiger charge is -2.17. The standard InChI is InChI=1S/C27H23F3N2O5/c1-17-5-9-22(10-6-17)37-23-11-7-21(8-12-23)32-15-18(13-25(32)34)26(35)36-16-24(33)31-20-4-2-3-19(14-20)27(28,29)30/h2-12,14,18H,13,15-16H2,1H3,(H,31,33)/t18-/m1/s1. The predicted molar refractivity (Wildman–Crippen MR) is 129 cm³/mol. The molecular weight excluding hydrogens is 489 g/mol. The van der Waals surface area contributed by atoms with Crippen LogP contribution in [-0.2, 0) is 25.3 Å². The van der Waals surface area contributed by atoms with Crippen LogP contribution in [0.4, 0.5) is 24.5 Å². The van der Waals surface area contributed by atoms with E-state index in [1.807, 2.05) is 31.2 Å². The first-order valence-electron chi connectivity index (χ1n) is 11.4. The topological polar surface area (TPSA) is 84.9 Å². The summed E-state index contributed by atoms with van der Waals surface area (Å²) in [5, 5.41) is 2.26. The molecule has 0 spiro atoms. The van der Waals surface area contributed by atoms with Gasteiger partial charge >= 0.3 is 12.1 Å². The molecule has 7 nitrogen and oxygen atoms in total.